The summed E-state index contributed by atoms with van der Waals surface area (Å²) in [5.41, 5.74) is 0. The van der Waals surface area contributed by atoms with Crippen LogP contribution in [0.25, 0.3) is 0 Å². The number of aldehydes is 1. The molecule has 0 aromatic rings. The van der Waals surface area contributed by atoms with Gasteiger partial charge in [0.15, 0.2) is 12.4 Å². The molecule has 0 unspecified atom stereocenters. The molecule has 0 aromatic heterocycles. The van der Waals surface area contributed by atoms with E-state index in [-0.39, 0.29) is 6.29 Å². The molecule has 0 saturated heterocycles. The average Bonchev–Trinajstić information content (AvgIpc) is 2.11. The van der Waals surface area contributed by atoms with Gasteiger partial charge in [-0.3, -0.25) is 4.79 Å². The molecule has 0 bridgehead atoms. The third kappa shape index (κ3) is 3.82. The quantitative estimate of drug-likeness (QED) is 0.363. The number of hydrogen-bond donors (Lipinski definition) is 3. The largest absolute Gasteiger partial charge is 0.457 e. The van der Waals surface area contributed by atoms with E-state index >= 15 is 0 Å². The van der Waals surface area contributed by atoms with Crippen LogP contribution in [0.2, 0.25) is 0 Å². The van der Waals surface area contributed by atoms with Gasteiger partial charge in [0.05, 0.1) is 6.10 Å². The predicted octanol–water partition coefficient (Wildman–Crippen LogP) is -1.78. The number of hydrogen-bond acceptors (Lipinski definition) is 6. The van der Waals surface area contributed by atoms with Crippen molar-refractivity contribution in [3.63, 3.8) is 0 Å². The van der Waals surface area contributed by atoms with Gasteiger partial charge in [-0.1, -0.05) is 0 Å². The lowest BCUT2D eigenvalue weighted by molar-refractivity contribution is -0.169. The van der Waals surface area contributed by atoms with Crippen molar-refractivity contribution < 1.29 is 29.6 Å². The molecule has 0 aliphatic rings. The maximum atomic E-state index is 10.6. The molecule has 0 radical (unpaired) electrons. The number of carbonyl (C=O) groups is 2. The normalized spacial score (nSPS) is 19.2. The maximum Gasteiger partial charge on any atom is 0.303 e. The molecule has 3 N–H and O–H groups in total. The van der Waals surface area contributed by atoms with E-state index in [1.807, 2.05) is 0 Å². The third-order valence-corrected chi connectivity index (χ3v) is 1.60. The van der Waals surface area contributed by atoms with E-state index in [1.165, 1.54) is 6.92 Å². The SMILES string of the molecule is CC(=O)O[C@H]([C@H](O)[C@@H](O)C=O)[C@@H](C)O. The highest BCUT2D eigenvalue weighted by atomic mass is 16.6. The highest BCUT2D eigenvalue weighted by molar-refractivity contribution is 5.66. The highest BCUT2D eigenvalue weighted by Gasteiger charge is 2.32. The van der Waals surface area contributed by atoms with Gasteiger partial charge >= 0.3 is 5.97 Å². The molecule has 82 valence electrons. The van der Waals surface area contributed by atoms with Crippen molar-refractivity contribution in [2.45, 2.75) is 38.3 Å². The molecule has 0 rings (SSSR count). The van der Waals surface area contributed by atoms with E-state index in [1.54, 1.807) is 0 Å². The molecule has 0 aliphatic heterocycles. The smallest absolute Gasteiger partial charge is 0.303 e. The van der Waals surface area contributed by atoms with Crippen LogP contribution < -0.4 is 0 Å². The van der Waals surface area contributed by atoms with Crippen LogP contribution in [0.3, 0.4) is 0 Å². The van der Waals surface area contributed by atoms with E-state index < -0.39 is 30.4 Å². The Morgan fingerprint density at radius 3 is 2.14 bits per heavy atom. The average molecular weight is 206 g/mol. The van der Waals surface area contributed by atoms with Gasteiger partial charge in [-0.05, 0) is 6.92 Å². The summed E-state index contributed by atoms with van der Waals surface area (Å²) in [5, 5.41) is 27.3. The minimum absolute atomic E-state index is 0.101. The zero-order valence-electron chi connectivity index (χ0n) is 7.95. The van der Waals surface area contributed by atoms with E-state index in [9.17, 15) is 14.7 Å². The van der Waals surface area contributed by atoms with Gasteiger partial charge in [0.2, 0.25) is 0 Å². The van der Waals surface area contributed by atoms with E-state index in [4.69, 9.17) is 10.2 Å². The second-order valence-electron chi connectivity index (χ2n) is 2.93. The molecule has 6 nitrogen and oxygen atoms in total. The molecule has 0 spiro atoms. The molecule has 0 fully saturated rings. The van der Waals surface area contributed by atoms with Gasteiger partial charge in [0.25, 0.3) is 0 Å². The van der Waals surface area contributed by atoms with Crippen LogP contribution >= 0.6 is 0 Å². The van der Waals surface area contributed by atoms with Crippen molar-refractivity contribution in [1.82, 2.24) is 0 Å². The first-order valence-electron chi connectivity index (χ1n) is 4.06. The predicted molar refractivity (Wildman–Crippen MR) is 45.3 cm³/mol. The summed E-state index contributed by atoms with van der Waals surface area (Å²) in [5.74, 6) is -0.715. The summed E-state index contributed by atoms with van der Waals surface area (Å²) < 4.78 is 4.54. The van der Waals surface area contributed by atoms with Crippen molar-refractivity contribution in [1.29, 1.82) is 0 Å². The van der Waals surface area contributed by atoms with Crippen LogP contribution in [0.1, 0.15) is 13.8 Å². The van der Waals surface area contributed by atoms with Crippen LogP contribution in [0, 0.1) is 0 Å². The van der Waals surface area contributed by atoms with Crippen LogP contribution in [0.15, 0.2) is 0 Å². The van der Waals surface area contributed by atoms with Crippen molar-refractivity contribution in [2.75, 3.05) is 0 Å². The number of aliphatic hydroxyl groups excluding tert-OH is 3. The second kappa shape index (κ2) is 5.69. The Morgan fingerprint density at radius 2 is 1.86 bits per heavy atom. The van der Waals surface area contributed by atoms with Gasteiger partial charge < -0.3 is 24.9 Å². The second-order valence-corrected chi connectivity index (χ2v) is 2.93. The van der Waals surface area contributed by atoms with Crippen LogP contribution in [-0.2, 0) is 14.3 Å². The first kappa shape index (κ1) is 13.0. The molecule has 14 heavy (non-hydrogen) atoms. The molecule has 0 heterocycles. The number of ether oxygens (including phenoxy) is 1. The lowest BCUT2D eigenvalue weighted by Crippen LogP contribution is -2.46. The topological polar surface area (TPSA) is 104 Å². The van der Waals surface area contributed by atoms with E-state index in [2.05, 4.69) is 4.74 Å². The zero-order valence-corrected chi connectivity index (χ0v) is 7.95. The van der Waals surface area contributed by atoms with Gasteiger partial charge in [-0.15, -0.1) is 0 Å². The van der Waals surface area contributed by atoms with Gasteiger partial charge in [-0.25, -0.2) is 0 Å². The molecule has 0 aromatic carbocycles. The summed E-state index contributed by atoms with van der Waals surface area (Å²) >= 11 is 0. The molecular weight excluding hydrogens is 192 g/mol. The Labute approximate surface area is 81.1 Å². The fraction of sp³-hybridized carbons (Fsp3) is 0.750. The van der Waals surface area contributed by atoms with Crippen molar-refractivity contribution in [2.24, 2.45) is 0 Å². The third-order valence-electron chi connectivity index (χ3n) is 1.60. The van der Waals surface area contributed by atoms with E-state index in [0.717, 1.165) is 6.92 Å². The summed E-state index contributed by atoms with van der Waals surface area (Å²) in [6.07, 6.45) is -5.70. The lowest BCUT2D eigenvalue weighted by atomic mass is 10.0. The number of aliphatic hydroxyl groups is 3. The van der Waals surface area contributed by atoms with Gasteiger partial charge in [0.1, 0.15) is 12.2 Å². The van der Waals surface area contributed by atoms with Gasteiger partial charge in [0, 0.05) is 6.92 Å². The Hall–Kier alpha value is -0.980. The lowest BCUT2D eigenvalue weighted by Gasteiger charge is -2.25. The van der Waals surface area contributed by atoms with Crippen LogP contribution in [-0.4, -0.2) is 52.0 Å². The Bertz CT molecular complexity index is 202. The van der Waals surface area contributed by atoms with Gasteiger partial charge in [-0.2, -0.15) is 0 Å². The number of rotatable bonds is 5. The Morgan fingerprint density at radius 1 is 1.36 bits per heavy atom. The zero-order chi connectivity index (χ0) is 11.3. The first-order valence-corrected chi connectivity index (χ1v) is 4.06. The standard InChI is InChI=1S/C8H14O6/c1-4(10)8(14-5(2)11)7(13)6(12)3-9/h3-4,6-8,10,12-13H,1-2H3/t4-,6+,7-,8+/m1/s1. The number of carbonyl (C=O) groups excluding carboxylic acids is 2. The van der Waals surface area contributed by atoms with Crippen LogP contribution in [0.4, 0.5) is 0 Å². The minimum atomic E-state index is -1.69. The summed E-state index contributed by atoms with van der Waals surface area (Å²) in [6.45, 7) is 2.36. The molecular formula is C8H14O6. The molecule has 0 aliphatic carbocycles. The first-order chi connectivity index (χ1) is 6.40. The Kier molecular flexibility index (Phi) is 5.29. The van der Waals surface area contributed by atoms with Crippen LogP contribution in [0.5, 0.6) is 0 Å². The molecule has 0 saturated carbocycles. The summed E-state index contributed by atoms with van der Waals surface area (Å²) in [4.78, 5) is 20.7. The van der Waals surface area contributed by atoms with E-state index in [0.29, 0.717) is 0 Å². The maximum absolute atomic E-state index is 10.6. The fourth-order valence-electron chi connectivity index (χ4n) is 0.920. The summed E-state index contributed by atoms with van der Waals surface area (Å²) in [6, 6.07) is 0. The Balaban J connectivity index is 4.47. The molecule has 0 amide bonds. The fourth-order valence-corrected chi connectivity index (χ4v) is 0.920. The van der Waals surface area contributed by atoms with Crippen molar-refractivity contribution in [3.8, 4) is 0 Å². The number of esters is 1. The highest BCUT2D eigenvalue weighted by Crippen LogP contribution is 2.08. The van der Waals surface area contributed by atoms with Crippen molar-refractivity contribution >= 4 is 12.3 Å². The van der Waals surface area contributed by atoms with Crippen molar-refractivity contribution in [3.05, 3.63) is 0 Å². The summed E-state index contributed by atoms with van der Waals surface area (Å²) in [7, 11) is 0. The monoisotopic (exact) mass is 206 g/mol. The minimum Gasteiger partial charge on any atom is -0.457 e. The molecule has 6 heteroatoms. The molecule has 4 atom stereocenters.